The molecule has 0 radical (unpaired) electrons. The summed E-state index contributed by atoms with van der Waals surface area (Å²) in [4.78, 5) is 10.7. The number of carboxylic acids is 1. The maximum Gasteiger partial charge on any atom is 0.374 e. The Bertz CT molecular complexity index is 741. The number of carbonyl (C=O) groups is 1. The van der Waals surface area contributed by atoms with Crippen LogP contribution in [0.2, 0.25) is 0 Å². The summed E-state index contributed by atoms with van der Waals surface area (Å²) >= 11 is 0. The van der Waals surface area contributed by atoms with E-state index in [-0.39, 0.29) is 5.76 Å². The third-order valence-electron chi connectivity index (χ3n) is 2.67. The van der Waals surface area contributed by atoms with Crippen LogP contribution in [0.15, 0.2) is 33.3 Å². The van der Waals surface area contributed by atoms with Gasteiger partial charge in [0.2, 0.25) is 5.76 Å². The third kappa shape index (κ3) is 1.55. The first-order valence-electron chi connectivity index (χ1n) is 5.21. The predicted octanol–water partition coefficient (Wildman–Crippen LogP) is 2.49. The van der Waals surface area contributed by atoms with Crippen LogP contribution in [0.4, 0.5) is 0 Å². The average Bonchev–Trinajstić information content (AvgIpc) is 2.96. The molecule has 0 amide bonds. The molecule has 6 heteroatoms. The second kappa shape index (κ2) is 3.69. The molecule has 2 heterocycles. The lowest BCUT2D eigenvalue weighted by Gasteiger charge is -1.94. The van der Waals surface area contributed by atoms with Crippen molar-refractivity contribution in [2.24, 2.45) is 0 Å². The maximum absolute atomic E-state index is 10.7. The number of aromatic nitrogens is 2. The summed E-state index contributed by atoms with van der Waals surface area (Å²) in [5, 5.41) is 17.2. The zero-order valence-corrected chi connectivity index (χ0v) is 9.38. The highest BCUT2D eigenvalue weighted by Crippen LogP contribution is 2.26. The Balaban J connectivity index is 2.12. The molecular weight excluding hydrogens is 236 g/mol. The minimum absolute atomic E-state index is 0.188. The number of nitrogens with zero attached hydrogens (tertiary/aromatic N) is 2. The SMILES string of the molecule is Cc1noc2ccc(-c3cc(C(=O)O)on3)cc12. The van der Waals surface area contributed by atoms with Gasteiger partial charge in [0, 0.05) is 17.0 Å². The van der Waals surface area contributed by atoms with Crippen LogP contribution in [0.25, 0.3) is 22.2 Å². The van der Waals surface area contributed by atoms with E-state index >= 15 is 0 Å². The van der Waals surface area contributed by atoms with Crippen LogP contribution in [0.5, 0.6) is 0 Å². The van der Waals surface area contributed by atoms with Gasteiger partial charge in [-0.3, -0.25) is 0 Å². The maximum atomic E-state index is 10.7. The number of carboxylic acid groups (broad SMARTS) is 1. The molecule has 0 fully saturated rings. The first-order chi connectivity index (χ1) is 8.65. The fraction of sp³-hybridized carbons (Fsp3) is 0.0833. The van der Waals surface area contributed by atoms with Crippen LogP contribution in [0.3, 0.4) is 0 Å². The molecule has 18 heavy (non-hydrogen) atoms. The zero-order chi connectivity index (χ0) is 12.7. The van der Waals surface area contributed by atoms with Gasteiger partial charge in [-0.15, -0.1) is 0 Å². The van der Waals surface area contributed by atoms with E-state index in [4.69, 9.17) is 14.2 Å². The quantitative estimate of drug-likeness (QED) is 0.744. The van der Waals surface area contributed by atoms with Crippen LogP contribution < -0.4 is 0 Å². The van der Waals surface area contributed by atoms with Crippen molar-refractivity contribution in [3.8, 4) is 11.3 Å². The van der Waals surface area contributed by atoms with E-state index in [1.165, 1.54) is 6.07 Å². The van der Waals surface area contributed by atoms with Gasteiger partial charge >= 0.3 is 5.97 Å². The van der Waals surface area contributed by atoms with Gasteiger partial charge in [0.1, 0.15) is 5.69 Å². The molecule has 1 N–H and O–H groups in total. The lowest BCUT2D eigenvalue weighted by Crippen LogP contribution is -1.91. The van der Waals surface area contributed by atoms with E-state index < -0.39 is 5.97 Å². The topological polar surface area (TPSA) is 89.4 Å². The fourth-order valence-electron chi connectivity index (χ4n) is 1.73. The van der Waals surface area contributed by atoms with Gasteiger partial charge in [-0.05, 0) is 25.1 Å². The molecule has 6 nitrogen and oxygen atoms in total. The van der Waals surface area contributed by atoms with Crippen LogP contribution in [0, 0.1) is 6.92 Å². The normalized spacial score (nSPS) is 10.9. The van der Waals surface area contributed by atoms with Gasteiger partial charge in [0.15, 0.2) is 5.58 Å². The minimum atomic E-state index is -1.14. The lowest BCUT2D eigenvalue weighted by molar-refractivity contribution is 0.0652. The molecule has 90 valence electrons. The van der Waals surface area contributed by atoms with Gasteiger partial charge in [-0.2, -0.15) is 0 Å². The molecule has 0 aliphatic rings. The van der Waals surface area contributed by atoms with E-state index in [9.17, 15) is 4.79 Å². The number of hydrogen-bond acceptors (Lipinski definition) is 5. The largest absolute Gasteiger partial charge is 0.475 e. The van der Waals surface area contributed by atoms with Crippen molar-refractivity contribution in [1.29, 1.82) is 0 Å². The summed E-state index contributed by atoms with van der Waals surface area (Å²) in [5.74, 6) is -1.33. The lowest BCUT2D eigenvalue weighted by atomic mass is 10.1. The second-order valence-electron chi connectivity index (χ2n) is 3.86. The van der Waals surface area contributed by atoms with Gasteiger partial charge in [-0.1, -0.05) is 10.3 Å². The first kappa shape index (κ1) is 10.5. The smallest absolute Gasteiger partial charge is 0.374 e. The standard InChI is InChI=1S/C12H8N2O4/c1-6-8-4-7(2-3-10(8)17-13-6)9-5-11(12(15)16)18-14-9/h2-5H,1H3,(H,15,16). The highest BCUT2D eigenvalue weighted by Gasteiger charge is 2.13. The molecule has 0 saturated carbocycles. The first-order valence-corrected chi connectivity index (χ1v) is 5.21. The number of aromatic carboxylic acids is 1. The Morgan fingerprint density at radius 3 is 2.78 bits per heavy atom. The van der Waals surface area contributed by atoms with Gasteiger partial charge < -0.3 is 14.2 Å². The summed E-state index contributed by atoms with van der Waals surface area (Å²) in [6.45, 7) is 1.83. The molecule has 3 rings (SSSR count). The second-order valence-corrected chi connectivity index (χ2v) is 3.86. The average molecular weight is 244 g/mol. The summed E-state index contributed by atoms with van der Waals surface area (Å²) in [6.07, 6.45) is 0. The van der Waals surface area contributed by atoms with Crippen molar-refractivity contribution in [3.05, 3.63) is 35.7 Å². The fourth-order valence-corrected chi connectivity index (χ4v) is 1.73. The Morgan fingerprint density at radius 1 is 1.22 bits per heavy atom. The molecule has 2 aromatic heterocycles. The number of hydrogen-bond donors (Lipinski definition) is 1. The van der Waals surface area contributed by atoms with Gasteiger partial charge in [0.05, 0.1) is 5.69 Å². The Kier molecular flexibility index (Phi) is 2.16. The van der Waals surface area contributed by atoms with Crippen molar-refractivity contribution >= 4 is 16.9 Å². The Morgan fingerprint density at radius 2 is 2.06 bits per heavy atom. The number of fused-ring (bicyclic) bond motifs is 1. The number of benzene rings is 1. The molecule has 0 saturated heterocycles. The van der Waals surface area contributed by atoms with E-state index in [2.05, 4.69) is 10.3 Å². The summed E-state index contributed by atoms with van der Waals surface area (Å²) in [7, 11) is 0. The van der Waals surface area contributed by atoms with Crippen molar-refractivity contribution < 1.29 is 18.9 Å². The van der Waals surface area contributed by atoms with Crippen LogP contribution in [-0.2, 0) is 0 Å². The molecule has 0 spiro atoms. The molecule has 0 aliphatic carbocycles. The highest BCUT2D eigenvalue weighted by atomic mass is 16.5. The molecule has 0 aliphatic heterocycles. The zero-order valence-electron chi connectivity index (χ0n) is 9.38. The van der Waals surface area contributed by atoms with Gasteiger partial charge in [0.25, 0.3) is 0 Å². The highest BCUT2D eigenvalue weighted by molar-refractivity contribution is 5.87. The predicted molar refractivity (Wildman–Crippen MR) is 61.2 cm³/mol. The summed E-state index contributed by atoms with van der Waals surface area (Å²) in [6, 6.07) is 6.76. The van der Waals surface area contributed by atoms with E-state index in [0.29, 0.717) is 11.3 Å². The van der Waals surface area contributed by atoms with E-state index in [0.717, 1.165) is 16.6 Å². The number of aryl methyl sites for hydroxylation is 1. The van der Waals surface area contributed by atoms with Crippen LogP contribution >= 0.6 is 0 Å². The molecular formula is C12H8N2O4. The van der Waals surface area contributed by atoms with Gasteiger partial charge in [-0.25, -0.2) is 4.79 Å². The van der Waals surface area contributed by atoms with Crippen molar-refractivity contribution in [2.45, 2.75) is 6.92 Å². The molecule has 0 bridgehead atoms. The van der Waals surface area contributed by atoms with Crippen LogP contribution in [-0.4, -0.2) is 21.4 Å². The summed E-state index contributed by atoms with van der Waals surface area (Å²) < 4.78 is 9.81. The minimum Gasteiger partial charge on any atom is -0.475 e. The summed E-state index contributed by atoms with van der Waals surface area (Å²) in [5.41, 5.74) is 2.67. The Labute approximate surface area is 101 Å². The Hall–Kier alpha value is -2.63. The van der Waals surface area contributed by atoms with Crippen LogP contribution in [0.1, 0.15) is 16.2 Å². The third-order valence-corrected chi connectivity index (χ3v) is 2.67. The van der Waals surface area contributed by atoms with Crippen molar-refractivity contribution in [1.82, 2.24) is 10.3 Å². The van der Waals surface area contributed by atoms with Crippen molar-refractivity contribution in [2.75, 3.05) is 0 Å². The number of rotatable bonds is 2. The molecule has 1 aromatic carbocycles. The van der Waals surface area contributed by atoms with E-state index in [1.807, 2.05) is 13.0 Å². The molecule has 0 atom stereocenters. The molecule has 0 unspecified atom stereocenters. The van der Waals surface area contributed by atoms with E-state index in [1.54, 1.807) is 12.1 Å². The van der Waals surface area contributed by atoms with Crippen molar-refractivity contribution in [3.63, 3.8) is 0 Å². The monoisotopic (exact) mass is 244 g/mol. The molecule has 3 aromatic rings.